The van der Waals surface area contributed by atoms with Crippen LogP contribution in [-0.4, -0.2) is 24.0 Å². The largest absolute Gasteiger partial charge is 0.359 e. The van der Waals surface area contributed by atoms with Crippen molar-refractivity contribution in [3.05, 3.63) is 50.9 Å². The highest BCUT2D eigenvalue weighted by atomic mass is 32.2. The van der Waals surface area contributed by atoms with Gasteiger partial charge in [-0.15, -0.1) is 0 Å². The topological polar surface area (TPSA) is 84.5 Å². The first-order valence-corrected chi connectivity index (χ1v) is 9.55. The number of ether oxygens (including phenoxy) is 1. The van der Waals surface area contributed by atoms with Gasteiger partial charge >= 0.3 is 0 Å². The molecular formula is C17H20N2O4S. The molecule has 128 valence electrons. The Morgan fingerprint density at radius 2 is 1.92 bits per heavy atom. The molecule has 24 heavy (non-hydrogen) atoms. The van der Waals surface area contributed by atoms with E-state index in [4.69, 9.17) is 4.74 Å². The molecule has 0 spiro atoms. The summed E-state index contributed by atoms with van der Waals surface area (Å²) in [6.45, 7) is 5.87. The van der Waals surface area contributed by atoms with Gasteiger partial charge in [0.05, 0.1) is 16.2 Å². The van der Waals surface area contributed by atoms with E-state index in [1.165, 1.54) is 4.68 Å². The summed E-state index contributed by atoms with van der Waals surface area (Å²) in [6.07, 6.45) is 1.20. The predicted octanol–water partition coefficient (Wildman–Crippen LogP) is 1.90. The smallest absolute Gasteiger partial charge is 0.272 e. The number of rotatable bonds is 2. The van der Waals surface area contributed by atoms with Gasteiger partial charge in [-0.2, -0.15) is 0 Å². The number of hydrogen-bond acceptors (Lipinski definition) is 4. The van der Waals surface area contributed by atoms with Crippen LogP contribution in [0.2, 0.25) is 0 Å². The second-order valence-corrected chi connectivity index (χ2v) is 9.32. The predicted molar refractivity (Wildman–Crippen MR) is 88.9 cm³/mol. The van der Waals surface area contributed by atoms with E-state index in [9.17, 15) is 13.2 Å². The number of nitrogens with one attached hydrogen (secondary N) is 1. The maximum absolute atomic E-state index is 12.4. The van der Waals surface area contributed by atoms with Gasteiger partial charge in [-0.1, -0.05) is 19.9 Å². The number of hydrogen-bond donors (Lipinski definition) is 1. The molecule has 2 aliphatic rings. The lowest BCUT2D eigenvalue weighted by atomic mass is 9.82. The third-order valence-corrected chi connectivity index (χ3v) is 7.21. The molecule has 0 bridgehead atoms. The first kappa shape index (κ1) is 15.7. The Hall–Kier alpha value is -1.86. The van der Waals surface area contributed by atoms with Crippen LogP contribution in [0.5, 0.6) is 0 Å². The van der Waals surface area contributed by atoms with Gasteiger partial charge in [0.25, 0.3) is 5.56 Å². The number of aryl methyl sites for hydroxylation is 1. The lowest BCUT2D eigenvalue weighted by Crippen LogP contribution is -2.20. The number of fused-ring (bicyclic) bond motifs is 1. The second kappa shape index (κ2) is 4.61. The second-order valence-electron chi connectivity index (χ2n) is 7.37. The first-order chi connectivity index (χ1) is 11.1. The van der Waals surface area contributed by atoms with Crippen LogP contribution in [0.4, 0.5) is 0 Å². The van der Waals surface area contributed by atoms with E-state index in [-0.39, 0.29) is 23.5 Å². The van der Waals surface area contributed by atoms with Crippen LogP contribution in [0, 0.1) is 6.92 Å². The van der Waals surface area contributed by atoms with Gasteiger partial charge < -0.3 is 9.84 Å². The average Bonchev–Trinajstić information content (AvgIpc) is 3.13. The van der Waals surface area contributed by atoms with E-state index in [0.29, 0.717) is 10.5 Å². The summed E-state index contributed by atoms with van der Waals surface area (Å²) in [5.74, 6) is 0.132. The molecule has 2 aromatic rings. The summed E-state index contributed by atoms with van der Waals surface area (Å²) in [5.41, 5.74) is 2.91. The van der Waals surface area contributed by atoms with Crippen molar-refractivity contribution in [2.24, 2.45) is 7.05 Å². The van der Waals surface area contributed by atoms with Crippen molar-refractivity contribution in [1.29, 1.82) is 0 Å². The number of aromatic amines is 1. The summed E-state index contributed by atoms with van der Waals surface area (Å²) >= 11 is 0. The van der Waals surface area contributed by atoms with Crippen molar-refractivity contribution in [1.82, 2.24) is 9.78 Å². The van der Waals surface area contributed by atoms with Crippen LogP contribution in [0.1, 0.15) is 48.3 Å². The first-order valence-electron chi connectivity index (χ1n) is 7.90. The van der Waals surface area contributed by atoms with Gasteiger partial charge in [-0.05, 0) is 29.7 Å². The van der Waals surface area contributed by atoms with Crippen molar-refractivity contribution >= 4 is 9.84 Å². The number of nitrogens with zero attached hydrogens (tertiary/aromatic N) is 1. The fourth-order valence-electron chi connectivity index (χ4n) is 4.01. The molecule has 3 heterocycles. The lowest BCUT2D eigenvalue weighted by Gasteiger charge is -2.20. The molecule has 2 aliphatic heterocycles. The zero-order valence-electron chi connectivity index (χ0n) is 14.1. The Morgan fingerprint density at radius 3 is 2.54 bits per heavy atom. The monoisotopic (exact) mass is 348 g/mol. The third-order valence-electron chi connectivity index (χ3n) is 5.10. The van der Waals surface area contributed by atoms with E-state index < -0.39 is 15.3 Å². The van der Waals surface area contributed by atoms with Gasteiger partial charge in [0.1, 0.15) is 12.2 Å². The Labute approximate surface area is 140 Å². The van der Waals surface area contributed by atoms with E-state index in [0.717, 1.165) is 16.7 Å². The summed E-state index contributed by atoms with van der Waals surface area (Å²) in [7, 11) is -1.56. The minimum atomic E-state index is -3.23. The summed E-state index contributed by atoms with van der Waals surface area (Å²) in [4.78, 5) is 12.5. The fourth-order valence-corrected chi connectivity index (χ4v) is 6.27. The van der Waals surface area contributed by atoms with Crippen LogP contribution >= 0.6 is 0 Å². The van der Waals surface area contributed by atoms with Crippen molar-refractivity contribution in [2.75, 3.05) is 5.75 Å². The average molecular weight is 348 g/mol. The minimum absolute atomic E-state index is 0.0933. The Bertz CT molecular complexity index is 1010. The van der Waals surface area contributed by atoms with Gasteiger partial charge in [0, 0.05) is 18.7 Å². The van der Waals surface area contributed by atoms with Crippen molar-refractivity contribution < 1.29 is 13.2 Å². The molecule has 1 aromatic heterocycles. The standard InChI is InChI=1S/C17H20N2O4S/c1-9-10(14-15(23-14)11-7-18-19(4)16(11)20)5-6-12-13(9)17(2,3)8-24(12,21)22/h5-7,14-15,18H,8H2,1-4H3. The van der Waals surface area contributed by atoms with Crippen LogP contribution < -0.4 is 5.56 Å². The van der Waals surface area contributed by atoms with Crippen LogP contribution in [0.3, 0.4) is 0 Å². The molecular weight excluding hydrogens is 328 g/mol. The minimum Gasteiger partial charge on any atom is -0.359 e. The number of epoxide rings is 1. The zero-order valence-corrected chi connectivity index (χ0v) is 14.9. The van der Waals surface area contributed by atoms with E-state index in [1.807, 2.05) is 26.8 Å². The molecule has 1 N–H and O–H groups in total. The molecule has 1 aromatic carbocycles. The molecule has 0 saturated carbocycles. The quantitative estimate of drug-likeness (QED) is 0.840. The number of H-pyrrole nitrogens is 1. The van der Waals surface area contributed by atoms with Gasteiger partial charge in [0.15, 0.2) is 9.84 Å². The van der Waals surface area contributed by atoms with Crippen molar-refractivity contribution in [3.8, 4) is 0 Å². The van der Waals surface area contributed by atoms with Crippen molar-refractivity contribution in [3.63, 3.8) is 0 Å². The normalized spacial score (nSPS) is 26.3. The molecule has 0 aliphatic carbocycles. The summed E-state index contributed by atoms with van der Waals surface area (Å²) in [6, 6.07) is 3.52. The summed E-state index contributed by atoms with van der Waals surface area (Å²) < 4.78 is 31.9. The number of sulfone groups is 1. The Balaban J connectivity index is 1.78. The molecule has 7 heteroatoms. The molecule has 4 rings (SSSR count). The molecule has 6 nitrogen and oxygen atoms in total. The molecule has 2 atom stereocenters. The zero-order chi connectivity index (χ0) is 17.4. The third kappa shape index (κ3) is 2.04. The van der Waals surface area contributed by atoms with E-state index in [1.54, 1.807) is 19.3 Å². The highest BCUT2D eigenvalue weighted by molar-refractivity contribution is 7.91. The Kier molecular flexibility index (Phi) is 3.01. The van der Waals surface area contributed by atoms with Crippen LogP contribution in [0.15, 0.2) is 28.0 Å². The number of aromatic nitrogens is 2. The maximum Gasteiger partial charge on any atom is 0.272 e. The van der Waals surface area contributed by atoms with E-state index in [2.05, 4.69) is 5.10 Å². The van der Waals surface area contributed by atoms with E-state index >= 15 is 0 Å². The maximum atomic E-state index is 12.4. The van der Waals surface area contributed by atoms with Gasteiger partial charge in [-0.25, -0.2) is 8.42 Å². The molecule has 2 unspecified atom stereocenters. The number of benzene rings is 1. The van der Waals surface area contributed by atoms with Crippen molar-refractivity contribution in [2.45, 2.75) is 43.3 Å². The molecule has 0 amide bonds. The SMILES string of the molecule is Cc1c(C2OC2c2c[nH]n(C)c2=O)ccc2c1C(C)(C)CS2(=O)=O. The van der Waals surface area contributed by atoms with Crippen LogP contribution in [0.25, 0.3) is 0 Å². The summed E-state index contributed by atoms with van der Waals surface area (Å²) in [5, 5.41) is 2.86. The molecule has 0 radical (unpaired) electrons. The highest BCUT2D eigenvalue weighted by Crippen LogP contribution is 2.53. The Morgan fingerprint density at radius 1 is 1.25 bits per heavy atom. The van der Waals surface area contributed by atoms with Gasteiger partial charge in [-0.3, -0.25) is 9.48 Å². The molecule has 1 fully saturated rings. The lowest BCUT2D eigenvalue weighted by molar-refractivity contribution is 0.376. The molecule has 1 saturated heterocycles. The van der Waals surface area contributed by atoms with Gasteiger partial charge in [0.2, 0.25) is 0 Å². The fraction of sp³-hybridized carbons (Fsp3) is 0.471. The van der Waals surface area contributed by atoms with Crippen LogP contribution in [-0.2, 0) is 27.0 Å². The highest BCUT2D eigenvalue weighted by Gasteiger charge is 2.48.